The van der Waals surface area contributed by atoms with Crippen LogP contribution in [0.2, 0.25) is 0 Å². The summed E-state index contributed by atoms with van der Waals surface area (Å²) in [5, 5.41) is 1.11. The molecular formula is C17H14N2. The summed E-state index contributed by atoms with van der Waals surface area (Å²) in [6.07, 6.45) is 3.98. The Morgan fingerprint density at radius 3 is 2.37 bits per heavy atom. The highest BCUT2D eigenvalue weighted by Crippen LogP contribution is 2.15. The fourth-order valence-electron chi connectivity index (χ4n) is 2.07. The fourth-order valence-corrected chi connectivity index (χ4v) is 2.07. The van der Waals surface area contributed by atoms with E-state index in [9.17, 15) is 0 Å². The van der Waals surface area contributed by atoms with Gasteiger partial charge in [-0.2, -0.15) is 0 Å². The summed E-state index contributed by atoms with van der Waals surface area (Å²) < 4.78 is 0. The number of rotatable bonds is 2. The minimum Gasteiger partial charge on any atom is -0.233 e. The van der Waals surface area contributed by atoms with Crippen LogP contribution in [-0.2, 0) is 0 Å². The Kier molecular flexibility index (Phi) is 3.07. The van der Waals surface area contributed by atoms with Gasteiger partial charge in [0.1, 0.15) is 0 Å². The van der Waals surface area contributed by atoms with Crippen molar-refractivity contribution in [3.05, 3.63) is 71.7 Å². The predicted molar refractivity (Wildman–Crippen MR) is 79.6 cm³/mol. The maximum Gasteiger partial charge on any atom is 0.152 e. The molecule has 0 fully saturated rings. The smallest absolute Gasteiger partial charge is 0.152 e. The van der Waals surface area contributed by atoms with Crippen molar-refractivity contribution in [2.45, 2.75) is 6.92 Å². The summed E-state index contributed by atoms with van der Waals surface area (Å²) in [5.74, 6) is 0.750. The van der Waals surface area contributed by atoms with Gasteiger partial charge in [0.25, 0.3) is 0 Å². The molecule has 0 bridgehead atoms. The van der Waals surface area contributed by atoms with Crippen LogP contribution in [0.3, 0.4) is 0 Å². The molecule has 0 aliphatic rings. The summed E-state index contributed by atoms with van der Waals surface area (Å²) in [5.41, 5.74) is 3.15. The molecule has 2 nitrogen and oxygen atoms in total. The molecule has 2 aromatic carbocycles. The minimum absolute atomic E-state index is 0.750. The zero-order chi connectivity index (χ0) is 13.1. The number of nitrogens with zero attached hydrogens (tertiary/aromatic N) is 2. The third-order valence-electron chi connectivity index (χ3n) is 3.04. The van der Waals surface area contributed by atoms with Crippen LogP contribution in [0, 0.1) is 6.92 Å². The second-order valence-electron chi connectivity index (χ2n) is 4.43. The highest BCUT2D eigenvalue weighted by atomic mass is 14.9. The van der Waals surface area contributed by atoms with E-state index in [0.717, 1.165) is 28.0 Å². The molecule has 1 heterocycles. The van der Waals surface area contributed by atoms with Crippen LogP contribution >= 0.6 is 0 Å². The quantitative estimate of drug-likeness (QED) is 0.680. The monoisotopic (exact) mass is 246 g/mol. The molecule has 3 aromatic rings. The molecule has 0 radical (unpaired) electrons. The Balaban J connectivity index is 2.00. The van der Waals surface area contributed by atoms with Gasteiger partial charge in [-0.3, -0.25) is 0 Å². The van der Waals surface area contributed by atoms with E-state index in [4.69, 9.17) is 0 Å². The van der Waals surface area contributed by atoms with E-state index >= 15 is 0 Å². The van der Waals surface area contributed by atoms with Crippen LogP contribution in [0.1, 0.15) is 17.1 Å². The van der Waals surface area contributed by atoms with E-state index < -0.39 is 0 Å². The van der Waals surface area contributed by atoms with Gasteiger partial charge in [0.15, 0.2) is 5.82 Å². The average Bonchev–Trinajstić information content (AvgIpc) is 2.46. The SMILES string of the molecule is Cc1nc(C=Cc2ccccc2)nc2ccccc12. The number of aromatic nitrogens is 2. The number of para-hydroxylation sites is 1. The minimum atomic E-state index is 0.750. The lowest BCUT2D eigenvalue weighted by atomic mass is 10.2. The second-order valence-corrected chi connectivity index (χ2v) is 4.43. The molecular weight excluding hydrogens is 232 g/mol. The molecule has 3 rings (SSSR count). The van der Waals surface area contributed by atoms with E-state index in [1.54, 1.807) is 0 Å². The lowest BCUT2D eigenvalue weighted by Crippen LogP contribution is -1.92. The van der Waals surface area contributed by atoms with Crippen molar-refractivity contribution in [2.75, 3.05) is 0 Å². The Bertz CT molecular complexity index is 731. The lowest BCUT2D eigenvalue weighted by molar-refractivity contribution is 1.12. The number of hydrogen-bond donors (Lipinski definition) is 0. The van der Waals surface area contributed by atoms with Crippen LogP contribution in [-0.4, -0.2) is 9.97 Å². The highest BCUT2D eigenvalue weighted by molar-refractivity contribution is 5.82. The summed E-state index contributed by atoms with van der Waals surface area (Å²) in [6.45, 7) is 2.02. The van der Waals surface area contributed by atoms with E-state index in [1.165, 1.54) is 0 Å². The first-order valence-corrected chi connectivity index (χ1v) is 6.29. The van der Waals surface area contributed by atoms with Crippen LogP contribution in [0.25, 0.3) is 23.1 Å². The zero-order valence-corrected chi connectivity index (χ0v) is 10.7. The molecule has 0 N–H and O–H groups in total. The molecule has 0 aliphatic heterocycles. The summed E-state index contributed by atoms with van der Waals surface area (Å²) in [7, 11) is 0. The molecule has 0 spiro atoms. The van der Waals surface area contributed by atoms with Gasteiger partial charge in [-0.25, -0.2) is 9.97 Å². The van der Waals surface area contributed by atoms with E-state index in [-0.39, 0.29) is 0 Å². The van der Waals surface area contributed by atoms with Crippen molar-refractivity contribution in [3.63, 3.8) is 0 Å². The summed E-state index contributed by atoms with van der Waals surface area (Å²) >= 11 is 0. The molecule has 19 heavy (non-hydrogen) atoms. The topological polar surface area (TPSA) is 25.8 Å². The Morgan fingerprint density at radius 2 is 1.53 bits per heavy atom. The van der Waals surface area contributed by atoms with Crippen LogP contribution in [0.15, 0.2) is 54.6 Å². The normalized spacial score (nSPS) is 11.2. The van der Waals surface area contributed by atoms with Gasteiger partial charge in [0.2, 0.25) is 0 Å². The van der Waals surface area contributed by atoms with E-state index in [2.05, 4.69) is 28.2 Å². The van der Waals surface area contributed by atoms with Gasteiger partial charge in [0, 0.05) is 11.1 Å². The predicted octanol–water partition coefficient (Wildman–Crippen LogP) is 4.11. The van der Waals surface area contributed by atoms with Crippen LogP contribution in [0.5, 0.6) is 0 Å². The number of fused-ring (bicyclic) bond motifs is 1. The maximum absolute atomic E-state index is 4.55. The number of benzene rings is 2. The zero-order valence-electron chi connectivity index (χ0n) is 10.7. The molecule has 0 unspecified atom stereocenters. The molecule has 0 amide bonds. The van der Waals surface area contributed by atoms with Crippen molar-refractivity contribution in [2.24, 2.45) is 0 Å². The molecule has 1 aromatic heterocycles. The summed E-state index contributed by atoms with van der Waals surface area (Å²) in [6, 6.07) is 18.2. The molecule has 0 aliphatic carbocycles. The van der Waals surface area contributed by atoms with Gasteiger partial charge in [-0.1, -0.05) is 54.6 Å². The third kappa shape index (κ3) is 2.52. The average molecular weight is 246 g/mol. The van der Waals surface area contributed by atoms with Crippen molar-refractivity contribution in [1.82, 2.24) is 9.97 Å². The van der Waals surface area contributed by atoms with Gasteiger partial charge in [-0.15, -0.1) is 0 Å². The lowest BCUT2D eigenvalue weighted by Gasteiger charge is -2.02. The van der Waals surface area contributed by atoms with Crippen LogP contribution in [0.4, 0.5) is 0 Å². The molecule has 0 saturated heterocycles. The van der Waals surface area contributed by atoms with E-state index in [1.807, 2.05) is 55.5 Å². The summed E-state index contributed by atoms with van der Waals surface area (Å²) in [4.78, 5) is 9.07. The maximum atomic E-state index is 4.55. The fraction of sp³-hybridized carbons (Fsp3) is 0.0588. The third-order valence-corrected chi connectivity index (χ3v) is 3.04. The van der Waals surface area contributed by atoms with E-state index in [0.29, 0.717) is 0 Å². The highest BCUT2D eigenvalue weighted by Gasteiger charge is 2.01. The second kappa shape index (κ2) is 5.02. The van der Waals surface area contributed by atoms with Gasteiger partial charge in [-0.05, 0) is 24.6 Å². The Hall–Kier alpha value is -2.48. The van der Waals surface area contributed by atoms with Crippen molar-refractivity contribution >= 4 is 23.1 Å². The molecule has 2 heteroatoms. The number of aryl methyl sites for hydroxylation is 1. The van der Waals surface area contributed by atoms with Crippen molar-refractivity contribution in [3.8, 4) is 0 Å². The van der Waals surface area contributed by atoms with Gasteiger partial charge < -0.3 is 0 Å². The molecule has 0 saturated carbocycles. The van der Waals surface area contributed by atoms with Crippen LogP contribution < -0.4 is 0 Å². The largest absolute Gasteiger partial charge is 0.233 e. The number of hydrogen-bond acceptors (Lipinski definition) is 2. The first-order chi connectivity index (χ1) is 9.33. The Labute approximate surface area is 112 Å². The van der Waals surface area contributed by atoms with Crippen molar-refractivity contribution < 1.29 is 0 Å². The molecule has 0 atom stereocenters. The molecule has 92 valence electrons. The first-order valence-electron chi connectivity index (χ1n) is 6.29. The van der Waals surface area contributed by atoms with Crippen molar-refractivity contribution in [1.29, 1.82) is 0 Å². The van der Waals surface area contributed by atoms with Gasteiger partial charge >= 0.3 is 0 Å². The van der Waals surface area contributed by atoms with Gasteiger partial charge in [0.05, 0.1) is 5.52 Å². The standard InChI is InChI=1S/C17H14N2/c1-13-15-9-5-6-10-16(15)19-17(18-13)12-11-14-7-3-2-4-8-14/h2-12H,1H3. The Morgan fingerprint density at radius 1 is 0.789 bits per heavy atom. The first kappa shape index (κ1) is 11.6.